The summed E-state index contributed by atoms with van der Waals surface area (Å²) in [6.45, 7) is 2.06. The highest BCUT2D eigenvalue weighted by atomic mass is 16.7. The molecule has 2 nitrogen and oxygen atoms in total. The van der Waals surface area contributed by atoms with Gasteiger partial charge in [0.25, 0.3) is 0 Å². The van der Waals surface area contributed by atoms with E-state index in [-0.39, 0.29) is 0 Å². The minimum Gasteiger partial charge on any atom is -0.311 e. The van der Waals surface area contributed by atoms with Gasteiger partial charge in [-0.3, -0.25) is 0 Å². The molecule has 1 aliphatic rings. The lowest BCUT2D eigenvalue weighted by Gasteiger charge is -1.94. The van der Waals surface area contributed by atoms with Crippen LogP contribution in [0.1, 0.15) is 6.92 Å². The van der Waals surface area contributed by atoms with Gasteiger partial charge in [0, 0.05) is 0 Å². The Balaban J connectivity index is 2.18. The van der Waals surface area contributed by atoms with Crippen LogP contribution in [-0.4, -0.2) is 13.5 Å². The van der Waals surface area contributed by atoms with Gasteiger partial charge in [-0.1, -0.05) is 0 Å². The van der Waals surface area contributed by atoms with Gasteiger partial charge in [-0.15, -0.1) is 0 Å². The Morgan fingerprint density at radius 3 is 3.00 bits per heavy atom. The van der Waals surface area contributed by atoms with Crippen LogP contribution in [0.2, 0.25) is 6.32 Å². The topological polar surface area (TPSA) is 21.3 Å². The fourth-order valence-corrected chi connectivity index (χ4v) is 0.522. The highest BCUT2D eigenvalue weighted by Gasteiger charge is 2.09. The summed E-state index contributed by atoms with van der Waals surface area (Å²) in [5, 5.41) is 2.77. The molecule has 34 valence electrons. The second-order valence-corrected chi connectivity index (χ2v) is 1.61. The third-order valence-electron chi connectivity index (χ3n) is 0.937. The molecule has 0 saturated carbocycles. The van der Waals surface area contributed by atoms with Crippen molar-refractivity contribution in [3.8, 4) is 0 Å². The van der Waals surface area contributed by atoms with Crippen molar-refractivity contribution in [3.05, 3.63) is 0 Å². The van der Waals surface area contributed by atoms with Crippen molar-refractivity contribution in [1.82, 2.24) is 5.39 Å². The summed E-state index contributed by atoms with van der Waals surface area (Å²) in [5.41, 5.74) is 0. The van der Waals surface area contributed by atoms with Crippen LogP contribution in [-0.2, 0) is 4.84 Å². The van der Waals surface area contributed by atoms with Crippen LogP contribution in [0.25, 0.3) is 0 Å². The van der Waals surface area contributed by atoms with Crippen molar-refractivity contribution in [1.29, 1.82) is 0 Å². The van der Waals surface area contributed by atoms with Crippen LogP contribution in [0.3, 0.4) is 0 Å². The first-order valence-electron chi connectivity index (χ1n) is 2.28. The maximum Gasteiger partial charge on any atom is 0.237 e. The van der Waals surface area contributed by atoms with E-state index in [9.17, 15) is 0 Å². The van der Waals surface area contributed by atoms with Gasteiger partial charge >= 0.3 is 0 Å². The average molecular weight is 84.9 g/mol. The fourth-order valence-electron chi connectivity index (χ4n) is 0.522. The molecule has 0 aliphatic carbocycles. The van der Waals surface area contributed by atoms with Crippen LogP contribution in [0.5, 0.6) is 0 Å². The summed E-state index contributed by atoms with van der Waals surface area (Å²) in [6.07, 6.45) is 1.59. The first kappa shape index (κ1) is 4.15. The Morgan fingerprint density at radius 2 is 2.83 bits per heavy atom. The van der Waals surface area contributed by atoms with Crippen molar-refractivity contribution in [2.45, 2.75) is 19.3 Å². The first-order chi connectivity index (χ1) is 2.89. The van der Waals surface area contributed by atoms with Crippen LogP contribution in [0, 0.1) is 0 Å². The van der Waals surface area contributed by atoms with Gasteiger partial charge in [0.15, 0.2) is 0 Å². The lowest BCUT2D eigenvalue weighted by Crippen LogP contribution is -2.07. The van der Waals surface area contributed by atoms with Crippen LogP contribution < -0.4 is 5.39 Å². The van der Waals surface area contributed by atoms with Crippen LogP contribution in [0.15, 0.2) is 0 Å². The molecule has 1 rings (SSSR count). The van der Waals surface area contributed by atoms with Gasteiger partial charge < -0.3 is 4.84 Å². The Bertz CT molecular complexity index is 44.1. The van der Waals surface area contributed by atoms with Gasteiger partial charge in [0.2, 0.25) is 7.41 Å². The van der Waals surface area contributed by atoms with Crippen LogP contribution >= 0.6 is 0 Å². The molecule has 1 heterocycles. The van der Waals surface area contributed by atoms with Gasteiger partial charge in [0.05, 0.1) is 6.10 Å². The van der Waals surface area contributed by atoms with E-state index < -0.39 is 0 Å². The molecule has 1 saturated heterocycles. The highest BCUT2D eigenvalue weighted by molar-refractivity contribution is 6.32. The van der Waals surface area contributed by atoms with Crippen molar-refractivity contribution < 1.29 is 4.84 Å². The predicted octanol–water partition coefficient (Wildman–Crippen LogP) is -0.321. The Hall–Kier alpha value is -0.0151. The molecule has 1 unspecified atom stereocenters. The van der Waals surface area contributed by atoms with E-state index in [2.05, 4.69) is 12.3 Å². The minimum atomic E-state index is 0.435. The Labute approximate surface area is 38.1 Å². The van der Waals surface area contributed by atoms with E-state index in [0.717, 1.165) is 13.7 Å². The van der Waals surface area contributed by atoms with E-state index in [0.29, 0.717) is 6.10 Å². The molecule has 0 spiro atoms. The SMILES string of the molecule is CC1CBNO1. The molecule has 0 bridgehead atoms. The van der Waals surface area contributed by atoms with E-state index in [1.54, 1.807) is 0 Å². The average Bonchev–Trinajstić information content (AvgIpc) is 1.86. The molecule has 0 aromatic rings. The predicted molar refractivity (Wildman–Crippen MR) is 25.6 cm³/mol. The molecular weight excluding hydrogens is 76.9 g/mol. The molecule has 0 aromatic heterocycles. The summed E-state index contributed by atoms with van der Waals surface area (Å²) >= 11 is 0. The molecule has 0 radical (unpaired) electrons. The largest absolute Gasteiger partial charge is 0.311 e. The molecule has 0 amide bonds. The van der Waals surface area contributed by atoms with Crippen molar-refractivity contribution >= 4 is 7.41 Å². The van der Waals surface area contributed by atoms with E-state index in [1.165, 1.54) is 0 Å². The highest BCUT2D eigenvalue weighted by Crippen LogP contribution is 1.98. The summed E-state index contributed by atoms with van der Waals surface area (Å²) in [7, 11) is 1.02. The standard InChI is InChI=1S/C3H8BNO/c1-3-2-4-5-6-3/h3-5H,2H2,1H3. The zero-order valence-corrected chi connectivity index (χ0v) is 3.90. The third kappa shape index (κ3) is 0.728. The minimum absolute atomic E-state index is 0.435. The number of nitrogens with one attached hydrogen (secondary N) is 1. The smallest absolute Gasteiger partial charge is 0.237 e. The first-order valence-corrected chi connectivity index (χ1v) is 2.28. The molecule has 3 heteroatoms. The maximum absolute atomic E-state index is 4.90. The molecule has 1 fully saturated rings. The quantitative estimate of drug-likeness (QED) is 0.407. The maximum atomic E-state index is 4.90. The third-order valence-corrected chi connectivity index (χ3v) is 0.937. The van der Waals surface area contributed by atoms with Crippen molar-refractivity contribution in [2.75, 3.05) is 0 Å². The molecule has 1 N–H and O–H groups in total. The number of rotatable bonds is 0. The molecular formula is C3H8BNO. The second kappa shape index (κ2) is 1.62. The lowest BCUT2D eigenvalue weighted by molar-refractivity contribution is 0.0637. The van der Waals surface area contributed by atoms with Gasteiger partial charge in [-0.05, 0) is 13.2 Å². The fraction of sp³-hybridized carbons (Fsp3) is 1.00. The van der Waals surface area contributed by atoms with Crippen LogP contribution in [0.4, 0.5) is 0 Å². The second-order valence-electron chi connectivity index (χ2n) is 1.61. The zero-order valence-electron chi connectivity index (χ0n) is 3.90. The van der Waals surface area contributed by atoms with E-state index in [4.69, 9.17) is 4.84 Å². The summed E-state index contributed by atoms with van der Waals surface area (Å²) in [5.74, 6) is 0. The van der Waals surface area contributed by atoms with E-state index >= 15 is 0 Å². The van der Waals surface area contributed by atoms with Crippen molar-refractivity contribution in [2.24, 2.45) is 0 Å². The van der Waals surface area contributed by atoms with Gasteiger partial charge in [0.1, 0.15) is 0 Å². The molecule has 1 atom stereocenters. The van der Waals surface area contributed by atoms with Crippen molar-refractivity contribution in [3.63, 3.8) is 0 Å². The summed E-state index contributed by atoms with van der Waals surface area (Å²) < 4.78 is 0. The normalized spacial score (nSPS) is 33.2. The molecule has 6 heavy (non-hydrogen) atoms. The Morgan fingerprint density at radius 1 is 2.00 bits per heavy atom. The monoisotopic (exact) mass is 85.1 g/mol. The lowest BCUT2D eigenvalue weighted by atomic mass is 9.90. The summed E-state index contributed by atoms with van der Waals surface area (Å²) in [6, 6.07) is 0. The van der Waals surface area contributed by atoms with Gasteiger partial charge in [-0.25, -0.2) is 5.39 Å². The zero-order chi connectivity index (χ0) is 4.41. The molecule has 1 aliphatic heterocycles. The number of hydrogen-bond donors (Lipinski definition) is 1. The van der Waals surface area contributed by atoms with E-state index in [1.807, 2.05) is 0 Å². The number of hydrogen-bond acceptors (Lipinski definition) is 2. The van der Waals surface area contributed by atoms with Gasteiger partial charge in [-0.2, -0.15) is 0 Å². The Kier molecular flexibility index (Phi) is 1.12. The summed E-state index contributed by atoms with van der Waals surface area (Å²) in [4.78, 5) is 4.90. The molecule has 0 aromatic carbocycles.